The number of aryl methyl sites for hydroxylation is 3. The minimum atomic E-state index is -4.06. The highest BCUT2D eigenvalue weighted by Crippen LogP contribution is 2.27. The van der Waals surface area contributed by atoms with Gasteiger partial charge in [-0.25, -0.2) is 12.8 Å². The van der Waals surface area contributed by atoms with E-state index < -0.39 is 20.7 Å². The van der Waals surface area contributed by atoms with E-state index in [1.54, 1.807) is 20.9 Å². The minimum absolute atomic E-state index is 0.101. The summed E-state index contributed by atoms with van der Waals surface area (Å²) in [5, 5.41) is 4.17. The fourth-order valence-corrected chi connectivity index (χ4v) is 3.17. The lowest BCUT2D eigenvalue weighted by atomic mass is 10.2. The monoisotopic (exact) mass is 317 g/mol. The smallest absolute Gasteiger partial charge is 0.262 e. The number of nitrogens with zero attached hydrogens (tertiary/aromatic N) is 2. The Bertz CT molecular complexity index is 771. The van der Waals surface area contributed by atoms with Crippen LogP contribution in [-0.2, 0) is 17.1 Å². The summed E-state index contributed by atoms with van der Waals surface area (Å²) in [6.07, 6.45) is 0. The summed E-state index contributed by atoms with van der Waals surface area (Å²) in [6.45, 7) is 3.32. The van der Waals surface area contributed by atoms with Crippen molar-refractivity contribution in [2.75, 3.05) is 4.72 Å². The molecule has 1 aromatic carbocycles. The van der Waals surface area contributed by atoms with E-state index in [4.69, 9.17) is 11.6 Å². The molecule has 0 amide bonds. The number of sulfonamides is 1. The Morgan fingerprint density at radius 3 is 2.50 bits per heavy atom. The number of aromatic nitrogens is 2. The van der Waals surface area contributed by atoms with Gasteiger partial charge in [-0.15, -0.1) is 0 Å². The van der Waals surface area contributed by atoms with Crippen molar-refractivity contribution in [2.24, 2.45) is 7.05 Å². The van der Waals surface area contributed by atoms with Crippen LogP contribution in [0.25, 0.3) is 0 Å². The first-order valence-electron chi connectivity index (χ1n) is 5.70. The number of hydrogen-bond acceptors (Lipinski definition) is 3. The van der Waals surface area contributed by atoms with E-state index in [1.807, 2.05) is 0 Å². The molecule has 0 aliphatic heterocycles. The van der Waals surface area contributed by atoms with Crippen molar-refractivity contribution in [3.05, 3.63) is 40.3 Å². The summed E-state index contributed by atoms with van der Waals surface area (Å²) in [4.78, 5) is -0.432. The van der Waals surface area contributed by atoms with Crippen LogP contribution in [0.15, 0.2) is 23.1 Å². The molecule has 0 unspecified atom stereocenters. The Kier molecular flexibility index (Phi) is 3.75. The fraction of sp³-hybridized carbons (Fsp3) is 0.250. The van der Waals surface area contributed by atoms with Crippen molar-refractivity contribution < 1.29 is 12.8 Å². The maximum Gasteiger partial charge on any atom is 0.266 e. The SMILES string of the molecule is Cc1ccc(S(=O)(=O)Nc2c(Cl)c(C)nn2C)c(F)c1. The van der Waals surface area contributed by atoms with Gasteiger partial charge in [-0.3, -0.25) is 9.40 Å². The quantitative estimate of drug-likeness (QED) is 0.946. The highest BCUT2D eigenvalue weighted by molar-refractivity contribution is 7.92. The first-order valence-corrected chi connectivity index (χ1v) is 7.56. The van der Waals surface area contributed by atoms with Crippen molar-refractivity contribution in [1.29, 1.82) is 0 Å². The molecule has 20 heavy (non-hydrogen) atoms. The molecule has 0 saturated carbocycles. The normalized spacial score (nSPS) is 11.7. The lowest BCUT2D eigenvalue weighted by Crippen LogP contribution is -2.17. The summed E-state index contributed by atoms with van der Waals surface area (Å²) in [5.74, 6) is -0.711. The highest BCUT2D eigenvalue weighted by Gasteiger charge is 2.23. The summed E-state index contributed by atoms with van der Waals surface area (Å²) in [6, 6.07) is 3.89. The summed E-state index contributed by atoms with van der Waals surface area (Å²) >= 11 is 5.97. The minimum Gasteiger partial charge on any atom is -0.262 e. The molecule has 5 nitrogen and oxygen atoms in total. The molecule has 8 heteroatoms. The van der Waals surface area contributed by atoms with E-state index in [0.717, 1.165) is 6.07 Å². The van der Waals surface area contributed by atoms with Gasteiger partial charge in [-0.2, -0.15) is 5.10 Å². The van der Waals surface area contributed by atoms with Crippen LogP contribution in [0.5, 0.6) is 0 Å². The second-order valence-corrected chi connectivity index (χ2v) is 6.44. The first-order chi connectivity index (χ1) is 9.22. The van der Waals surface area contributed by atoms with E-state index in [0.29, 0.717) is 11.3 Å². The Labute approximate surface area is 121 Å². The van der Waals surface area contributed by atoms with Gasteiger partial charge in [0.05, 0.1) is 5.69 Å². The summed E-state index contributed by atoms with van der Waals surface area (Å²) in [5.41, 5.74) is 1.12. The third-order valence-electron chi connectivity index (χ3n) is 2.76. The van der Waals surface area contributed by atoms with E-state index in [-0.39, 0.29) is 10.8 Å². The molecular weight excluding hydrogens is 305 g/mol. The fourth-order valence-electron chi connectivity index (χ4n) is 1.75. The molecule has 108 valence electrons. The van der Waals surface area contributed by atoms with Crippen LogP contribution in [0, 0.1) is 19.7 Å². The van der Waals surface area contributed by atoms with E-state index in [2.05, 4.69) is 9.82 Å². The number of nitrogens with one attached hydrogen (secondary N) is 1. The van der Waals surface area contributed by atoms with Crippen molar-refractivity contribution in [3.8, 4) is 0 Å². The van der Waals surface area contributed by atoms with Gasteiger partial charge in [-0.05, 0) is 31.5 Å². The van der Waals surface area contributed by atoms with Crippen LogP contribution in [-0.4, -0.2) is 18.2 Å². The van der Waals surface area contributed by atoms with Crippen molar-refractivity contribution in [2.45, 2.75) is 18.7 Å². The van der Waals surface area contributed by atoms with Crippen LogP contribution >= 0.6 is 11.6 Å². The second kappa shape index (κ2) is 5.06. The van der Waals surface area contributed by atoms with Gasteiger partial charge in [0.2, 0.25) is 0 Å². The van der Waals surface area contributed by atoms with Crippen molar-refractivity contribution in [3.63, 3.8) is 0 Å². The molecule has 0 aliphatic rings. The van der Waals surface area contributed by atoms with Crippen molar-refractivity contribution in [1.82, 2.24) is 9.78 Å². The van der Waals surface area contributed by atoms with Gasteiger partial charge in [0.1, 0.15) is 15.7 Å². The van der Waals surface area contributed by atoms with E-state index >= 15 is 0 Å². The average Bonchev–Trinajstić information content (AvgIpc) is 2.55. The van der Waals surface area contributed by atoms with E-state index in [1.165, 1.54) is 16.8 Å². The molecule has 1 heterocycles. The summed E-state index contributed by atoms with van der Waals surface area (Å²) in [7, 11) is -2.52. The molecule has 0 bridgehead atoms. The standard InChI is InChI=1S/C12H13ClFN3O2S/c1-7-4-5-10(9(14)6-7)20(18,19)16-12-11(13)8(2)15-17(12)3/h4-6,16H,1-3H3. The van der Waals surface area contributed by atoms with Gasteiger partial charge in [-0.1, -0.05) is 17.7 Å². The maximum absolute atomic E-state index is 13.8. The molecule has 1 N–H and O–H groups in total. The van der Waals surface area contributed by atoms with Gasteiger partial charge in [0.25, 0.3) is 10.0 Å². The number of benzene rings is 1. The predicted octanol–water partition coefficient (Wildman–Crippen LogP) is 2.63. The highest BCUT2D eigenvalue weighted by atomic mass is 35.5. The van der Waals surface area contributed by atoms with Gasteiger partial charge < -0.3 is 0 Å². The molecule has 0 radical (unpaired) electrons. The zero-order chi connectivity index (χ0) is 15.1. The Morgan fingerprint density at radius 1 is 1.35 bits per heavy atom. The second-order valence-electron chi connectivity index (χ2n) is 4.41. The number of rotatable bonds is 3. The zero-order valence-corrected chi connectivity index (χ0v) is 12.7. The molecule has 0 aliphatic carbocycles. The third kappa shape index (κ3) is 2.64. The third-order valence-corrected chi connectivity index (χ3v) is 4.58. The molecule has 2 aromatic rings. The topological polar surface area (TPSA) is 64.0 Å². The lowest BCUT2D eigenvalue weighted by molar-refractivity contribution is 0.569. The van der Waals surface area contributed by atoms with Gasteiger partial charge in [0, 0.05) is 7.05 Å². The zero-order valence-electron chi connectivity index (χ0n) is 11.1. The van der Waals surface area contributed by atoms with Crippen LogP contribution in [0.1, 0.15) is 11.3 Å². The van der Waals surface area contributed by atoms with Crippen molar-refractivity contribution >= 4 is 27.4 Å². The van der Waals surface area contributed by atoms with E-state index in [9.17, 15) is 12.8 Å². The molecule has 0 spiro atoms. The van der Waals surface area contributed by atoms with Gasteiger partial charge >= 0.3 is 0 Å². The molecule has 1 aromatic heterocycles. The lowest BCUT2D eigenvalue weighted by Gasteiger charge is -2.09. The predicted molar refractivity (Wildman–Crippen MR) is 74.9 cm³/mol. The molecule has 0 saturated heterocycles. The Balaban J connectivity index is 2.46. The molecular formula is C12H13ClFN3O2S. The summed E-state index contributed by atoms with van der Waals surface area (Å²) < 4.78 is 41.7. The Hall–Kier alpha value is -1.60. The van der Waals surface area contributed by atoms with Crippen LogP contribution in [0.3, 0.4) is 0 Å². The van der Waals surface area contributed by atoms with Crippen LogP contribution in [0.2, 0.25) is 5.02 Å². The number of hydrogen-bond donors (Lipinski definition) is 1. The number of halogens is 2. The Morgan fingerprint density at radius 2 is 2.00 bits per heavy atom. The molecule has 2 rings (SSSR count). The molecule has 0 fully saturated rings. The largest absolute Gasteiger partial charge is 0.266 e. The van der Waals surface area contributed by atoms with Crippen LogP contribution < -0.4 is 4.72 Å². The number of anilines is 1. The first kappa shape index (κ1) is 14.8. The molecule has 0 atom stereocenters. The maximum atomic E-state index is 13.8. The van der Waals surface area contributed by atoms with Crippen LogP contribution in [0.4, 0.5) is 10.2 Å². The average molecular weight is 318 g/mol. The van der Waals surface area contributed by atoms with Gasteiger partial charge in [0.15, 0.2) is 5.82 Å².